The van der Waals surface area contributed by atoms with Crippen LogP contribution in [0.4, 0.5) is 0 Å². The molecule has 0 N–H and O–H groups in total. The molecule has 0 saturated heterocycles. The zero-order valence-corrected chi connectivity index (χ0v) is 21.0. The van der Waals surface area contributed by atoms with E-state index >= 15 is 0 Å². The smallest absolute Gasteiger partial charge is 0.404 e. The summed E-state index contributed by atoms with van der Waals surface area (Å²) in [5.41, 5.74) is 0. The van der Waals surface area contributed by atoms with Gasteiger partial charge in [-0.15, -0.1) is 0 Å². The fourth-order valence-corrected chi connectivity index (χ4v) is 5.90. The maximum atomic E-state index is 13.8. The fourth-order valence-electron chi connectivity index (χ4n) is 3.60. The lowest BCUT2D eigenvalue weighted by atomic mass is 10.1. The minimum Gasteiger partial charge on any atom is -0.404 e. The molecule has 4 aromatic carbocycles. The van der Waals surface area contributed by atoms with Gasteiger partial charge in [0.1, 0.15) is 23.0 Å². The summed E-state index contributed by atoms with van der Waals surface area (Å²) in [6.45, 7) is 0. The van der Waals surface area contributed by atoms with Gasteiger partial charge >= 0.3 is 15.5 Å². The van der Waals surface area contributed by atoms with E-state index in [2.05, 4.69) is 0 Å². The molecule has 1 heterocycles. The van der Waals surface area contributed by atoms with Crippen molar-refractivity contribution in [1.82, 2.24) is 9.34 Å². The van der Waals surface area contributed by atoms with Crippen LogP contribution in [-0.2, 0) is 9.13 Å². The van der Waals surface area contributed by atoms with Crippen LogP contribution >= 0.6 is 15.5 Å². The van der Waals surface area contributed by atoms with Crippen molar-refractivity contribution in [2.75, 3.05) is 28.2 Å². The van der Waals surface area contributed by atoms with Gasteiger partial charge in [0.25, 0.3) is 0 Å². The Labute approximate surface area is 197 Å². The summed E-state index contributed by atoms with van der Waals surface area (Å²) in [4.78, 5) is 0. The molecule has 2 atom stereocenters. The molecule has 0 fully saturated rings. The van der Waals surface area contributed by atoms with Crippen LogP contribution in [0.5, 0.6) is 23.0 Å². The summed E-state index contributed by atoms with van der Waals surface area (Å²) in [5, 5.41) is 2.91. The fraction of sp³-hybridized carbons (Fsp3) is 0.167. The Bertz CT molecular complexity index is 1390. The number of hydrogen-bond acceptors (Lipinski definition) is 6. The molecule has 0 spiro atoms. The van der Waals surface area contributed by atoms with Gasteiger partial charge in [0.15, 0.2) is 0 Å². The van der Waals surface area contributed by atoms with Crippen molar-refractivity contribution in [2.24, 2.45) is 0 Å². The lowest BCUT2D eigenvalue weighted by Crippen LogP contribution is -2.18. The topological polar surface area (TPSA) is 77.5 Å². The van der Waals surface area contributed by atoms with Crippen LogP contribution in [0.25, 0.3) is 21.5 Å². The number of benzene rings is 4. The Balaban J connectivity index is 1.77. The normalized spacial score (nSPS) is 22.3. The Kier molecular flexibility index (Phi) is 5.58. The lowest BCUT2D eigenvalue weighted by molar-refractivity contribution is 0.323. The summed E-state index contributed by atoms with van der Waals surface area (Å²) < 4.78 is 54.5. The van der Waals surface area contributed by atoms with Crippen molar-refractivity contribution in [3.05, 3.63) is 72.8 Å². The van der Waals surface area contributed by atoms with E-state index in [0.29, 0.717) is 33.8 Å². The molecule has 34 heavy (non-hydrogen) atoms. The van der Waals surface area contributed by atoms with Crippen LogP contribution in [0.2, 0.25) is 0 Å². The van der Waals surface area contributed by atoms with Crippen LogP contribution in [0.1, 0.15) is 0 Å². The Morgan fingerprint density at radius 3 is 1.35 bits per heavy atom. The first-order valence-corrected chi connectivity index (χ1v) is 13.6. The molecule has 0 radical (unpaired) electrons. The average molecular weight is 498 g/mol. The third kappa shape index (κ3) is 4.04. The van der Waals surface area contributed by atoms with Crippen LogP contribution < -0.4 is 18.1 Å². The molecule has 2 unspecified atom stereocenters. The highest BCUT2D eigenvalue weighted by Gasteiger charge is 2.35. The van der Waals surface area contributed by atoms with E-state index in [-0.39, 0.29) is 0 Å². The Morgan fingerprint density at radius 2 is 0.971 bits per heavy atom. The van der Waals surface area contributed by atoms with Crippen molar-refractivity contribution in [2.45, 2.75) is 0 Å². The van der Waals surface area contributed by atoms with Gasteiger partial charge in [0, 0.05) is 10.8 Å². The van der Waals surface area contributed by atoms with Crippen LogP contribution in [-0.4, -0.2) is 37.5 Å². The summed E-state index contributed by atoms with van der Waals surface area (Å²) in [6.07, 6.45) is 0. The van der Waals surface area contributed by atoms with Crippen molar-refractivity contribution in [3.8, 4) is 23.0 Å². The van der Waals surface area contributed by atoms with E-state index in [1.807, 2.05) is 24.3 Å². The molecule has 0 amide bonds. The molecule has 0 saturated carbocycles. The van der Waals surface area contributed by atoms with E-state index in [9.17, 15) is 9.13 Å². The van der Waals surface area contributed by atoms with Gasteiger partial charge in [-0.3, -0.25) is 0 Å². The maximum Gasteiger partial charge on any atom is 0.515 e. The summed E-state index contributed by atoms with van der Waals surface area (Å²) in [5.74, 6) is 1.33. The minimum absolute atomic E-state index is 0.319. The van der Waals surface area contributed by atoms with Gasteiger partial charge in [-0.1, -0.05) is 36.4 Å². The van der Waals surface area contributed by atoms with Gasteiger partial charge in [0.2, 0.25) is 0 Å². The van der Waals surface area contributed by atoms with E-state index in [1.54, 1.807) is 76.7 Å². The van der Waals surface area contributed by atoms with Crippen molar-refractivity contribution in [1.29, 1.82) is 0 Å². The predicted molar refractivity (Wildman–Crippen MR) is 133 cm³/mol. The monoisotopic (exact) mass is 498 g/mol. The van der Waals surface area contributed by atoms with Gasteiger partial charge in [-0.2, -0.15) is 9.34 Å². The molecule has 4 aromatic rings. The summed E-state index contributed by atoms with van der Waals surface area (Å²) in [7, 11) is -1.06. The van der Waals surface area contributed by atoms with Crippen molar-refractivity contribution in [3.63, 3.8) is 0 Å². The van der Waals surface area contributed by atoms with E-state index < -0.39 is 15.5 Å². The zero-order valence-electron chi connectivity index (χ0n) is 19.2. The largest absolute Gasteiger partial charge is 0.515 e. The van der Waals surface area contributed by atoms with Crippen molar-refractivity contribution >= 4 is 37.0 Å². The van der Waals surface area contributed by atoms with E-state index in [4.69, 9.17) is 18.1 Å². The van der Waals surface area contributed by atoms with Gasteiger partial charge in [-0.25, -0.2) is 9.13 Å². The Morgan fingerprint density at radius 1 is 0.559 bits per heavy atom. The van der Waals surface area contributed by atoms with E-state index in [0.717, 1.165) is 10.8 Å². The van der Waals surface area contributed by atoms with Gasteiger partial charge in [-0.05, 0) is 75.4 Å². The molecule has 0 aliphatic carbocycles. The molecule has 10 heteroatoms. The minimum atomic E-state index is -3.79. The second-order valence-electron chi connectivity index (χ2n) is 8.27. The van der Waals surface area contributed by atoms with Gasteiger partial charge in [0.05, 0.1) is 0 Å². The van der Waals surface area contributed by atoms with Crippen LogP contribution in [0.3, 0.4) is 0 Å². The molecule has 8 nitrogen and oxygen atoms in total. The second-order valence-corrected chi connectivity index (χ2v) is 12.5. The number of hydrogen-bond donors (Lipinski definition) is 0. The molecule has 176 valence electrons. The highest BCUT2D eigenvalue weighted by molar-refractivity contribution is 7.52. The maximum absolute atomic E-state index is 13.8. The van der Waals surface area contributed by atoms with Crippen molar-refractivity contribution < 1.29 is 27.2 Å². The number of fused-ring (bicyclic) bond motifs is 2. The summed E-state index contributed by atoms with van der Waals surface area (Å²) in [6, 6.07) is 21.2. The standard InChI is InChI=1S/C24H24N2O6P2/c1-25(2)33(27)29-19-13-11-18-8-6-10-24(22(18)15-19)32-34(28,26(3)4)30-20-14-12-17-7-5-9-23(31-33)21(17)16-20/h5-16H,1-4H3. The highest BCUT2D eigenvalue weighted by atomic mass is 31.2. The lowest BCUT2D eigenvalue weighted by Gasteiger charge is -2.27. The predicted octanol–water partition coefficient (Wildman–Crippen LogP) is 6.56. The van der Waals surface area contributed by atoms with Gasteiger partial charge < -0.3 is 18.1 Å². The molecular formula is C24H24N2O6P2. The molecule has 0 aromatic heterocycles. The molecule has 1 aliphatic heterocycles. The molecule has 4 bridgehead atoms. The summed E-state index contributed by atoms with van der Waals surface area (Å²) >= 11 is 0. The first-order chi connectivity index (χ1) is 16.2. The first-order valence-electron chi connectivity index (χ1n) is 10.6. The number of rotatable bonds is 2. The first kappa shape index (κ1) is 22.8. The Hall–Kier alpha value is -3.02. The average Bonchev–Trinajstić information content (AvgIpc) is 2.79. The van der Waals surface area contributed by atoms with Crippen LogP contribution in [0, 0.1) is 0 Å². The highest BCUT2D eigenvalue weighted by Crippen LogP contribution is 2.55. The zero-order chi connectivity index (χ0) is 24.1. The molecular weight excluding hydrogens is 474 g/mol. The third-order valence-corrected chi connectivity index (χ3v) is 9.17. The quantitative estimate of drug-likeness (QED) is 0.288. The van der Waals surface area contributed by atoms with E-state index in [1.165, 1.54) is 9.34 Å². The third-order valence-electron chi connectivity index (χ3n) is 5.48. The molecule has 1 aliphatic rings. The SMILES string of the molecule is CN(C)P1(=O)Oc2ccc3cccc(c3c2)OP(=O)(N(C)C)Oc2ccc3cccc(c3c2)O1. The second kappa shape index (κ2) is 8.33. The van der Waals surface area contributed by atoms with Crippen LogP contribution in [0.15, 0.2) is 72.8 Å². The molecule has 5 rings (SSSR count). The number of nitrogens with zero attached hydrogens (tertiary/aromatic N) is 2.